The number of hydrogen-bond donors (Lipinski definition) is 1. The first-order valence-corrected chi connectivity index (χ1v) is 10.4. The van der Waals surface area contributed by atoms with Crippen LogP contribution < -0.4 is 5.32 Å². The topological polar surface area (TPSA) is 35.6 Å². The van der Waals surface area contributed by atoms with E-state index in [1.165, 1.54) is 44.1 Å². The second kappa shape index (κ2) is 6.26. The van der Waals surface area contributed by atoms with Crippen molar-refractivity contribution in [2.75, 3.05) is 26.7 Å². The van der Waals surface area contributed by atoms with Gasteiger partial charge in [0.15, 0.2) is 0 Å². The molecule has 0 radical (unpaired) electrons. The maximum Gasteiger partial charge on any atom is 0.318 e. The van der Waals surface area contributed by atoms with Crippen molar-refractivity contribution in [1.29, 1.82) is 0 Å². The molecule has 1 N–H and O–H groups in total. The average molecular weight is 354 g/mol. The Bertz CT molecular complexity index is 638. The number of carbonyl (C=O) groups is 1. The molecule has 2 amide bonds. The molecule has 1 unspecified atom stereocenters. The van der Waals surface area contributed by atoms with Gasteiger partial charge in [-0.3, -0.25) is 0 Å². The lowest BCUT2D eigenvalue weighted by atomic mass is 9.53. The van der Waals surface area contributed by atoms with Crippen molar-refractivity contribution in [2.24, 2.45) is 17.8 Å². The monoisotopic (exact) mass is 353 g/mol. The fraction of sp³-hybridized carbons (Fsp3) is 0.682. The van der Waals surface area contributed by atoms with E-state index in [-0.39, 0.29) is 17.6 Å². The number of benzene rings is 1. The van der Waals surface area contributed by atoms with E-state index in [2.05, 4.69) is 52.5 Å². The highest BCUT2D eigenvalue weighted by molar-refractivity contribution is 5.76. The zero-order chi connectivity index (χ0) is 17.7. The Morgan fingerprint density at radius 1 is 1.00 bits per heavy atom. The lowest BCUT2D eigenvalue weighted by Crippen LogP contribution is -2.63. The molecule has 4 saturated carbocycles. The number of rotatable bonds is 2. The van der Waals surface area contributed by atoms with Crippen LogP contribution in [0.3, 0.4) is 0 Å². The van der Waals surface area contributed by atoms with Gasteiger partial charge in [-0.15, -0.1) is 0 Å². The Balaban J connectivity index is 1.35. The first kappa shape index (κ1) is 16.6. The molecule has 1 aliphatic heterocycles. The van der Waals surface area contributed by atoms with Crippen LogP contribution >= 0.6 is 0 Å². The minimum atomic E-state index is 0.0937. The van der Waals surface area contributed by atoms with E-state index in [4.69, 9.17) is 0 Å². The van der Waals surface area contributed by atoms with Crippen LogP contribution in [0.4, 0.5) is 4.79 Å². The summed E-state index contributed by atoms with van der Waals surface area (Å²) >= 11 is 0. The van der Waals surface area contributed by atoms with Crippen molar-refractivity contribution < 1.29 is 4.79 Å². The summed E-state index contributed by atoms with van der Waals surface area (Å²) in [7, 11) is 2.16. The number of urea groups is 1. The standard InChI is InChI=1S/C22H31N3O/c1-24-7-8-25(20(15-24)19-5-3-2-4-6-19)21(26)23-22-12-16-9-17(13-22)11-18(10-16)14-22/h2-6,16-18,20H,7-15H2,1H3,(H,23,26). The van der Waals surface area contributed by atoms with Crippen LogP contribution in [0.1, 0.15) is 50.1 Å². The molecule has 6 rings (SSSR count). The summed E-state index contributed by atoms with van der Waals surface area (Å²) in [6.45, 7) is 2.68. The third-order valence-corrected chi connectivity index (χ3v) is 7.44. The summed E-state index contributed by atoms with van der Waals surface area (Å²) in [4.78, 5) is 17.8. The maximum atomic E-state index is 13.4. The molecule has 0 spiro atoms. The van der Waals surface area contributed by atoms with E-state index in [1.54, 1.807) is 0 Å². The molecular formula is C22H31N3O. The lowest BCUT2D eigenvalue weighted by Gasteiger charge is -2.57. The van der Waals surface area contributed by atoms with E-state index >= 15 is 0 Å². The van der Waals surface area contributed by atoms with Gasteiger partial charge >= 0.3 is 6.03 Å². The van der Waals surface area contributed by atoms with Crippen LogP contribution in [0.15, 0.2) is 30.3 Å². The summed E-state index contributed by atoms with van der Waals surface area (Å²) in [6, 6.07) is 10.9. The molecule has 1 heterocycles. The van der Waals surface area contributed by atoms with Crippen LogP contribution in [-0.4, -0.2) is 48.1 Å². The fourth-order valence-electron chi connectivity index (χ4n) is 6.69. The second-order valence-corrected chi connectivity index (χ2v) is 9.51. The number of likely N-dealkylation sites (N-methyl/N-ethyl adjacent to an activating group) is 1. The number of carbonyl (C=O) groups excluding carboxylic acids is 1. The van der Waals surface area contributed by atoms with Gasteiger partial charge in [-0.2, -0.15) is 0 Å². The molecular weight excluding hydrogens is 322 g/mol. The predicted molar refractivity (Wildman–Crippen MR) is 103 cm³/mol. The van der Waals surface area contributed by atoms with E-state index < -0.39 is 0 Å². The SMILES string of the molecule is CN1CCN(C(=O)NC23CC4CC(CC(C4)C2)C3)C(c2ccccc2)C1. The lowest BCUT2D eigenvalue weighted by molar-refractivity contribution is -0.0178. The molecule has 1 saturated heterocycles. The molecule has 1 aromatic rings. The Kier molecular flexibility index (Phi) is 4.00. The summed E-state index contributed by atoms with van der Waals surface area (Å²) < 4.78 is 0. The van der Waals surface area contributed by atoms with Crippen molar-refractivity contribution in [3.8, 4) is 0 Å². The Morgan fingerprint density at radius 2 is 1.62 bits per heavy atom. The normalized spacial score (nSPS) is 39.2. The van der Waals surface area contributed by atoms with Gasteiger partial charge < -0.3 is 15.1 Å². The first-order chi connectivity index (χ1) is 12.6. The highest BCUT2D eigenvalue weighted by Gasteiger charge is 2.52. The van der Waals surface area contributed by atoms with Crippen molar-refractivity contribution in [2.45, 2.75) is 50.1 Å². The molecule has 1 atom stereocenters. The summed E-state index contributed by atoms with van der Waals surface area (Å²) in [6.07, 6.45) is 7.89. The largest absolute Gasteiger partial charge is 0.333 e. The van der Waals surface area contributed by atoms with Crippen molar-refractivity contribution >= 4 is 6.03 Å². The molecule has 0 aromatic heterocycles. The van der Waals surface area contributed by atoms with Gasteiger partial charge in [0.05, 0.1) is 6.04 Å². The number of hydrogen-bond acceptors (Lipinski definition) is 2. The molecule has 5 aliphatic rings. The third kappa shape index (κ3) is 2.92. The van der Waals surface area contributed by atoms with Crippen LogP contribution in [-0.2, 0) is 0 Å². The predicted octanol–water partition coefficient (Wildman–Crippen LogP) is 3.65. The zero-order valence-corrected chi connectivity index (χ0v) is 15.9. The zero-order valence-electron chi connectivity index (χ0n) is 15.9. The van der Waals surface area contributed by atoms with Crippen molar-refractivity contribution in [3.63, 3.8) is 0 Å². The first-order valence-electron chi connectivity index (χ1n) is 10.4. The molecule has 4 heteroatoms. The Morgan fingerprint density at radius 3 is 2.23 bits per heavy atom. The molecule has 4 nitrogen and oxygen atoms in total. The minimum Gasteiger partial charge on any atom is -0.333 e. The fourth-order valence-corrected chi connectivity index (χ4v) is 6.69. The van der Waals surface area contributed by atoms with E-state index in [1.807, 2.05) is 0 Å². The van der Waals surface area contributed by atoms with E-state index in [0.717, 1.165) is 37.4 Å². The summed E-state index contributed by atoms with van der Waals surface area (Å²) in [5.41, 5.74) is 1.34. The van der Waals surface area contributed by atoms with Crippen molar-refractivity contribution in [1.82, 2.24) is 15.1 Å². The Hall–Kier alpha value is -1.55. The van der Waals surface area contributed by atoms with Gasteiger partial charge in [0.25, 0.3) is 0 Å². The van der Waals surface area contributed by atoms with E-state index in [0.29, 0.717) is 0 Å². The maximum absolute atomic E-state index is 13.4. The molecule has 5 fully saturated rings. The molecule has 26 heavy (non-hydrogen) atoms. The van der Waals surface area contributed by atoms with Gasteiger partial charge in [0.1, 0.15) is 0 Å². The van der Waals surface area contributed by atoms with Gasteiger partial charge in [0.2, 0.25) is 0 Å². The van der Waals surface area contributed by atoms with Crippen molar-refractivity contribution in [3.05, 3.63) is 35.9 Å². The molecule has 1 aromatic carbocycles. The average Bonchev–Trinajstić information content (AvgIpc) is 2.60. The van der Waals surface area contributed by atoms with Gasteiger partial charge in [-0.1, -0.05) is 30.3 Å². The Labute approximate surface area is 156 Å². The van der Waals surface area contributed by atoms with Gasteiger partial charge in [0, 0.05) is 25.2 Å². The highest BCUT2D eigenvalue weighted by Crippen LogP contribution is 2.55. The summed E-state index contributed by atoms with van der Waals surface area (Å²) in [5.74, 6) is 2.58. The molecule has 4 aliphatic carbocycles. The van der Waals surface area contributed by atoms with Crippen LogP contribution in [0.5, 0.6) is 0 Å². The second-order valence-electron chi connectivity index (χ2n) is 9.51. The third-order valence-electron chi connectivity index (χ3n) is 7.44. The van der Waals surface area contributed by atoms with Crippen LogP contribution in [0.2, 0.25) is 0 Å². The molecule has 140 valence electrons. The number of amides is 2. The van der Waals surface area contributed by atoms with Crippen LogP contribution in [0, 0.1) is 17.8 Å². The minimum absolute atomic E-state index is 0.0937. The highest BCUT2D eigenvalue weighted by atomic mass is 16.2. The van der Waals surface area contributed by atoms with Gasteiger partial charge in [-0.25, -0.2) is 4.79 Å². The number of piperazine rings is 1. The van der Waals surface area contributed by atoms with E-state index in [9.17, 15) is 4.79 Å². The van der Waals surface area contributed by atoms with Crippen LogP contribution in [0.25, 0.3) is 0 Å². The molecule has 4 bridgehead atoms. The number of nitrogens with one attached hydrogen (secondary N) is 1. The smallest absolute Gasteiger partial charge is 0.318 e. The quantitative estimate of drug-likeness (QED) is 0.881. The summed E-state index contributed by atoms with van der Waals surface area (Å²) in [5, 5.41) is 3.58. The number of nitrogens with zero attached hydrogens (tertiary/aromatic N) is 2. The van der Waals surface area contributed by atoms with Gasteiger partial charge in [-0.05, 0) is 68.9 Å².